The third-order valence-corrected chi connectivity index (χ3v) is 1.31. The summed E-state index contributed by atoms with van der Waals surface area (Å²) in [5.41, 5.74) is -1.13. The van der Waals surface area contributed by atoms with Gasteiger partial charge < -0.3 is 0 Å². The first-order chi connectivity index (χ1) is 4.58. The molecule has 0 aromatic heterocycles. The molecular formula is C4H2F3NOS. The fourth-order valence-corrected chi connectivity index (χ4v) is 0.890. The van der Waals surface area contributed by atoms with E-state index in [1.54, 1.807) is 0 Å². The van der Waals surface area contributed by atoms with Crippen LogP contribution in [0.3, 0.4) is 0 Å². The van der Waals surface area contributed by atoms with Gasteiger partial charge in [-0.15, -0.1) is 13.2 Å². The molecule has 0 aromatic rings. The second-order valence-corrected chi connectivity index (χ2v) is 2.25. The lowest BCUT2D eigenvalue weighted by molar-refractivity contribution is -0.326. The molecule has 0 amide bonds. The van der Waals surface area contributed by atoms with Crippen LogP contribution in [0.5, 0.6) is 0 Å². The second-order valence-electron chi connectivity index (χ2n) is 1.40. The lowest BCUT2D eigenvalue weighted by Crippen LogP contribution is -2.20. The Hall–Kier alpha value is -0.230. The van der Waals surface area contributed by atoms with E-state index in [4.69, 9.17) is 0 Å². The fourth-order valence-electron chi connectivity index (χ4n) is 0.384. The minimum Gasteiger partial charge on any atom is -0.275 e. The van der Waals surface area contributed by atoms with Crippen LogP contribution in [0, 0.1) is 6.42 Å². The molecule has 1 rings (SSSR count). The summed E-state index contributed by atoms with van der Waals surface area (Å²) >= 11 is 0.685. The highest BCUT2D eigenvalue weighted by atomic mass is 32.2. The molecule has 10 heavy (non-hydrogen) atoms. The van der Waals surface area contributed by atoms with Crippen molar-refractivity contribution in [1.82, 2.24) is 0 Å². The van der Waals surface area contributed by atoms with Crippen LogP contribution in [-0.4, -0.2) is 18.0 Å². The number of hydrogen-bond acceptors (Lipinski definition) is 3. The Balaban J connectivity index is 2.26. The first kappa shape index (κ1) is 7.87. The van der Waals surface area contributed by atoms with Crippen molar-refractivity contribution in [2.24, 2.45) is 4.40 Å². The van der Waals surface area contributed by atoms with Gasteiger partial charge in [0.25, 0.3) is 0 Å². The van der Waals surface area contributed by atoms with Crippen molar-refractivity contribution in [3.05, 3.63) is 6.42 Å². The predicted octanol–water partition coefficient (Wildman–Crippen LogP) is 1.66. The number of halogens is 3. The van der Waals surface area contributed by atoms with Gasteiger partial charge in [-0.25, -0.2) is 4.40 Å². The van der Waals surface area contributed by atoms with Crippen LogP contribution in [0.1, 0.15) is 0 Å². The molecule has 0 aliphatic carbocycles. The fraction of sp³-hybridized carbons (Fsp3) is 0.500. The molecule has 1 heterocycles. The van der Waals surface area contributed by atoms with Gasteiger partial charge in [0.1, 0.15) is 5.44 Å². The molecule has 0 bridgehead atoms. The lowest BCUT2D eigenvalue weighted by Gasteiger charge is -2.10. The first-order valence-corrected chi connectivity index (χ1v) is 3.10. The van der Waals surface area contributed by atoms with E-state index < -0.39 is 11.8 Å². The van der Waals surface area contributed by atoms with Gasteiger partial charge in [0.2, 0.25) is 0 Å². The summed E-state index contributed by atoms with van der Waals surface area (Å²) in [7, 11) is 0. The zero-order chi connectivity index (χ0) is 7.61. The van der Waals surface area contributed by atoms with Gasteiger partial charge in [0.15, 0.2) is 0 Å². The zero-order valence-electron chi connectivity index (χ0n) is 4.55. The Morgan fingerprint density at radius 2 is 2.30 bits per heavy atom. The molecule has 2 nitrogen and oxygen atoms in total. The van der Waals surface area contributed by atoms with E-state index in [0.29, 0.717) is 11.9 Å². The second kappa shape index (κ2) is 2.79. The van der Waals surface area contributed by atoms with Crippen molar-refractivity contribution in [2.45, 2.75) is 11.8 Å². The highest BCUT2D eigenvalue weighted by Gasteiger charge is 2.34. The Kier molecular flexibility index (Phi) is 2.20. The van der Waals surface area contributed by atoms with E-state index in [2.05, 4.69) is 15.6 Å². The molecule has 0 aromatic carbocycles. The Bertz CT molecular complexity index is 138. The number of ether oxygens (including phenoxy) is 1. The van der Waals surface area contributed by atoms with Crippen molar-refractivity contribution in [1.29, 1.82) is 0 Å². The lowest BCUT2D eigenvalue weighted by atomic mass is 10.5. The van der Waals surface area contributed by atoms with Crippen LogP contribution in [0.25, 0.3) is 0 Å². The minimum absolute atomic E-state index is 0.685. The maximum Gasteiger partial charge on any atom is 0.523 e. The third kappa shape index (κ3) is 2.57. The Morgan fingerprint density at radius 3 is 2.70 bits per heavy atom. The normalized spacial score (nSPS) is 25.7. The highest BCUT2D eigenvalue weighted by Crippen LogP contribution is 2.28. The largest absolute Gasteiger partial charge is 0.523 e. The smallest absolute Gasteiger partial charge is 0.275 e. The molecule has 0 saturated heterocycles. The summed E-state index contributed by atoms with van der Waals surface area (Å²) in [4.78, 5) is 0. The van der Waals surface area contributed by atoms with Crippen LogP contribution < -0.4 is 0 Å². The summed E-state index contributed by atoms with van der Waals surface area (Å²) < 4.78 is 41.1. The summed E-state index contributed by atoms with van der Waals surface area (Å²) in [6, 6.07) is 0. The molecule has 2 radical (unpaired) electrons. The maximum atomic E-state index is 11.4. The van der Waals surface area contributed by atoms with Gasteiger partial charge in [-0.3, -0.25) is 4.74 Å². The number of alkyl halides is 3. The number of nitrogens with zero attached hydrogens (tertiary/aromatic N) is 1. The van der Waals surface area contributed by atoms with Gasteiger partial charge in [-0.05, 0) is 0 Å². The van der Waals surface area contributed by atoms with Crippen molar-refractivity contribution in [3.63, 3.8) is 0 Å². The molecule has 1 atom stereocenters. The highest BCUT2D eigenvalue weighted by molar-refractivity contribution is 7.99. The average Bonchev–Trinajstić information content (AvgIpc) is 2.12. The van der Waals surface area contributed by atoms with E-state index in [0.717, 1.165) is 6.21 Å². The monoisotopic (exact) mass is 169 g/mol. The standard InChI is InChI=1S/C4H2F3NOS/c5-4(6,7)9-3-1-2-8-10-3/h2-3H. The van der Waals surface area contributed by atoms with Crippen LogP contribution in [-0.2, 0) is 4.74 Å². The Labute approximate surface area is 59.6 Å². The summed E-state index contributed by atoms with van der Waals surface area (Å²) in [5, 5.41) is 0. The quantitative estimate of drug-likeness (QED) is 0.557. The van der Waals surface area contributed by atoms with Gasteiger partial charge in [0.05, 0.1) is 6.42 Å². The molecule has 0 saturated carbocycles. The van der Waals surface area contributed by atoms with Crippen molar-refractivity contribution in [3.8, 4) is 0 Å². The summed E-state index contributed by atoms with van der Waals surface area (Å²) in [6.45, 7) is 0. The topological polar surface area (TPSA) is 21.6 Å². The number of rotatable bonds is 1. The molecule has 6 heteroatoms. The van der Waals surface area contributed by atoms with Gasteiger partial charge in [-0.2, -0.15) is 0 Å². The van der Waals surface area contributed by atoms with Gasteiger partial charge in [0, 0.05) is 18.2 Å². The summed E-state index contributed by atoms with van der Waals surface area (Å²) in [5.74, 6) is 0. The Morgan fingerprint density at radius 1 is 1.60 bits per heavy atom. The van der Waals surface area contributed by atoms with E-state index in [-0.39, 0.29) is 0 Å². The molecular weight excluding hydrogens is 167 g/mol. The van der Waals surface area contributed by atoms with Crippen LogP contribution in [0.2, 0.25) is 0 Å². The van der Waals surface area contributed by atoms with Gasteiger partial charge in [-0.1, -0.05) is 0 Å². The number of hydrogen-bond donors (Lipinski definition) is 0. The third-order valence-electron chi connectivity index (χ3n) is 0.661. The molecule has 0 N–H and O–H groups in total. The minimum atomic E-state index is -4.60. The van der Waals surface area contributed by atoms with E-state index >= 15 is 0 Å². The molecule has 56 valence electrons. The zero-order valence-corrected chi connectivity index (χ0v) is 5.37. The molecule has 0 spiro atoms. The molecule has 1 unspecified atom stereocenters. The van der Waals surface area contributed by atoms with Crippen LogP contribution >= 0.6 is 11.9 Å². The van der Waals surface area contributed by atoms with Crippen molar-refractivity contribution >= 4 is 18.2 Å². The predicted molar refractivity (Wildman–Crippen MR) is 30.3 cm³/mol. The van der Waals surface area contributed by atoms with Crippen LogP contribution in [0.15, 0.2) is 4.40 Å². The van der Waals surface area contributed by atoms with Gasteiger partial charge >= 0.3 is 6.36 Å². The summed E-state index contributed by atoms with van der Waals surface area (Å²) in [6.07, 6.45) is -1.20. The van der Waals surface area contributed by atoms with E-state index in [1.165, 1.54) is 0 Å². The molecule has 0 fully saturated rings. The first-order valence-electron chi connectivity index (χ1n) is 2.26. The molecule has 1 aliphatic heterocycles. The average molecular weight is 169 g/mol. The van der Waals surface area contributed by atoms with Crippen molar-refractivity contribution in [2.75, 3.05) is 0 Å². The van der Waals surface area contributed by atoms with Crippen molar-refractivity contribution < 1.29 is 17.9 Å². The van der Waals surface area contributed by atoms with E-state index in [1.807, 2.05) is 0 Å². The van der Waals surface area contributed by atoms with Crippen LogP contribution in [0.4, 0.5) is 13.2 Å². The molecule has 1 aliphatic rings. The maximum absolute atomic E-state index is 11.4. The van der Waals surface area contributed by atoms with E-state index in [9.17, 15) is 13.2 Å². The SMILES string of the molecule is FC(F)(F)OC1[C]C=NS1.